The molecule has 5 heteroatoms. The van der Waals surface area contributed by atoms with Gasteiger partial charge in [-0.1, -0.05) is 40.2 Å². The quantitative estimate of drug-likeness (QED) is 0.913. The Labute approximate surface area is 137 Å². The van der Waals surface area contributed by atoms with Crippen LogP contribution in [0.15, 0.2) is 63.0 Å². The van der Waals surface area contributed by atoms with Gasteiger partial charge in [0, 0.05) is 15.6 Å². The molecule has 1 atom stereocenters. The Morgan fingerprint density at radius 3 is 2.32 bits per heavy atom. The Morgan fingerprint density at radius 1 is 1.05 bits per heavy atom. The fraction of sp³-hybridized carbons (Fsp3) is 0.176. The molecule has 3 rings (SSSR count). The maximum Gasteiger partial charge on any atom is 0.204 e. The second-order valence-electron chi connectivity index (χ2n) is 5.11. The molecule has 0 saturated heterocycles. The molecule has 0 aliphatic carbocycles. The van der Waals surface area contributed by atoms with Gasteiger partial charge in [0.25, 0.3) is 0 Å². The third-order valence-corrected chi connectivity index (χ3v) is 4.20. The van der Waals surface area contributed by atoms with Crippen LogP contribution in [0, 0.1) is 0 Å². The normalized spacial score (nSPS) is 20.5. The van der Waals surface area contributed by atoms with Gasteiger partial charge in [-0.2, -0.15) is 0 Å². The zero-order chi connectivity index (χ0) is 15.7. The van der Waals surface area contributed by atoms with Crippen molar-refractivity contribution in [2.24, 2.45) is 15.7 Å². The molecule has 0 bridgehead atoms. The lowest BCUT2D eigenvalue weighted by Gasteiger charge is -2.24. The number of methoxy groups -OCH3 is 1. The molecular weight excluding hydrogens is 342 g/mol. The van der Waals surface area contributed by atoms with Crippen LogP contribution in [-0.2, 0) is 5.66 Å². The lowest BCUT2D eigenvalue weighted by Crippen LogP contribution is -2.22. The molecule has 112 valence electrons. The average Bonchev–Trinajstić information content (AvgIpc) is 2.84. The molecule has 0 unspecified atom stereocenters. The van der Waals surface area contributed by atoms with E-state index < -0.39 is 5.66 Å². The summed E-state index contributed by atoms with van der Waals surface area (Å²) in [7, 11) is 1.65. The topological polar surface area (TPSA) is 60.0 Å². The number of halogens is 1. The summed E-state index contributed by atoms with van der Waals surface area (Å²) in [5.74, 6) is 1.26. The fourth-order valence-corrected chi connectivity index (χ4v) is 2.93. The van der Waals surface area contributed by atoms with Crippen LogP contribution < -0.4 is 10.5 Å². The molecule has 2 N–H and O–H groups in total. The Balaban J connectivity index is 2.21. The van der Waals surface area contributed by atoms with Crippen LogP contribution in [0.2, 0.25) is 0 Å². The summed E-state index contributed by atoms with van der Waals surface area (Å²) >= 11 is 3.51. The summed E-state index contributed by atoms with van der Waals surface area (Å²) in [5, 5.41) is 0. The van der Waals surface area contributed by atoms with E-state index in [1.54, 1.807) is 7.11 Å². The van der Waals surface area contributed by atoms with Crippen molar-refractivity contribution in [3.63, 3.8) is 0 Å². The molecule has 22 heavy (non-hydrogen) atoms. The molecule has 0 saturated carbocycles. The predicted molar refractivity (Wildman–Crippen MR) is 92.6 cm³/mol. The largest absolute Gasteiger partial charge is 0.497 e. The van der Waals surface area contributed by atoms with Gasteiger partial charge in [0.2, 0.25) is 5.66 Å². The second kappa shape index (κ2) is 5.57. The Bertz CT molecular complexity index is 748. The van der Waals surface area contributed by atoms with Crippen LogP contribution in [0.3, 0.4) is 0 Å². The van der Waals surface area contributed by atoms with E-state index in [9.17, 15) is 0 Å². The van der Waals surface area contributed by atoms with Crippen LogP contribution in [-0.4, -0.2) is 18.7 Å². The molecule has 0 radical (unpaired) electrons. The first-order valence-electron chi connectivity index (χ1n) is 6.88. The van der Waals surface area contributed by atoms with Crippen molar-refractivity contribution in [2.45, 2.75) is 12.6 Å². The third kappa shape index (κ3) is 2.41. The monoisotopic (exact) mass is 357 g/mol. The number of benzene rings is 2. The number of rotatable bonds is 3. The van der Waals surface area contributed by atoms with Crippen molar-refractivity contribution in [3.8, 4) is 5.75 Å². The summed E-state index contributed by atoms with van der Waals surface area (Å²) in [5.41, 5.74) is 7.84. The number of aliphatic imine (C=N–C) groups is 2. The molecule has 2 aromatic rings. The number of amidine groups is 1. The zero-order valence-electron chi connectivity index (χ0n) is 12.4. The maximum atomic E-state index is 6.01. The summed E-state index contributed by atoms with van der Waals surface area (Å²) < 4.78 is 6.21. The lowest BCUT2D eigenvalue weighted by atomic mass is 9.92. The minimum atomic E-state index is -0.829. The van der Waals surface area contributed by atoms with Crippen molar-refractivity contribution >= 4 is 27.5 Å². The molecular formula is C17H16BrN3O. The first-order valence-corrected chi connectivity index (χ1v) is 7.67. The van der Waals surface area contributed by atoms with Crippen LogP contribution in [0.1, 0.15) is 18.1 Å². The smallest absolute Gasteiger partial charge is 0.204 e. The number of ether oxygens (including phenoxy) is 1. The highest BCUT2D eigenvalue weighted by atomic mass is 79.9. The minimum absolute atomic E-state index is 0.468. The van der Waals surface area contributed by atoms with Gasteiger partial charge < -0.3 is 10.5 Å². The van der Waals surface area contributed by atoms with E-state index in [0.29, 0.717) is 5.84 Å². The highest BCUT2D eigenvalue weighted by Crippen LogP contribution is 2.39. The summed E-state index contributed by atoms with van der Waals surface area (Å²) in [4.78, 5) is 9.43. The molecule has 2 aromatic carbocycles. The van der Waals surface area contributed by atoms with Gasteiger partial charge in [-0.25, -0.2) is 9.98 Å². The van der Waals surface area contributed by atoms with Crippen molar-refractivity contribution in [2.75, 3.05) is 7.11 Å². The molecule has 0 aromatic heterocycles. The van der Waals surface area contributed by atoms with Crippen LogP contribution >= 0.6 is 15.9 Å². The van der Waals surface area contributed by atoms with Gasteiger partial charge >= 0.3 is 0 Å². The first kappa shape index (κ1) is 14.8. The van der Waals surface area contributed by atoms with Crippen molar-refractivity contribution in [1.82, 2.24) is 0 Å². The Morgan fingerprint density at radius 2 is 1.77 bits per heavy atom. The number of hydrogen-bond donors (Lipinski definition) is 1. The number of hydrogen-bond acceptors (Lipinski definition) is 4. The molecule has 0 spiro atoms. The van der Waals surface area contributed by atoms with Crippen LogP contribution in [0.4, 0.5) is 0 Å². The number of nitrogens with zero attached hydrogens (tertiary/aromatic N) is 2. The maximum absolute atomic E-state index is 6.01. The van der Waals surface area contributed by atoms with Gasteiger partial charge in [0.05, 0.1) is 12.8 Å². The van der Waals surface area contributed by atoms with Gasteiger partial charge in [0.15, 0.2) is 0 Å². The Kier molecular flexibility index (Phi) is 3.74. The molecule has 1 heterocycles. The molecule has 1 aliphatic rings. The third-order valence-electron chi connectivity index (χ3n) is 3.70. The van der Waals surface area contributed by atoms with E-state index in [1.165, 1.54) is 0 Å². The molecule has 0 fully saturated rings. The summed E-state index contributed by atoms with van der Waals surface area (Å²) in [6.45, 7) is 1.88. The highest BCUT2D eigenvalue weighted by molar-refractivity contribution is 9.10. The minimum Gasteiger partial charge on any atom is -0.497 e. The molecule has 0 amide bonds. The van der Waals surface area contributed by atoms with E-state index in [0.717, 1.165) is 27.1 Å². The lowest BCUT2D eigenvalue weighted by molar-refractivity contribution is 0.414. The zero-order valence-corrected chi connectivity index (χ0v) is 14.0. The van der Waals surface area contributed by atoms with E-state index >= 15 is 0 Å². The van der Waals surface area contributed by atoms with Crippen molar-refractivity contribution in [3.05, 3.63) is 64.1 Å². The average molecular weight is 358 g/mol. The molecule has 4 nitrogen and oxygen atoms in total. The van der Waals surface area contributed by atoms with E-state index in [1.807, 2.05) is 55.5 Å². The first-order chi connectivity index (χ1) is 10.5. The van der Waals surface area contributed by atoms with Crippen LogP contribution in [0.5, 0.6) is 5.75 Å². The van der Waals surface area contributed by atoms with Gasteiger partial charge in [-0.15, -0.1) is 0 Å². The Hall–Kier alpha value is -2.14. The second-order valence-corrected chi connectivity index (χ2v) is 6.02. The van der Waals surface area contributed by atoms with Gasteiger partial charge in [-0.05, 0) is 31.2 Å². The summed E-state index contributed by atoms with van der Waals surface area (Å²) in [6, 6.07) is 15.7. The fourth-order valence-electron chi connectivity index (χ4n) is 2.53. The van der Waals surface area contributed by atoms with Crippen LogP contribution in [0.25, 0.3) is 0 Å². The van der Waals surface area contributed by atoms with Gasteiger partial charge in [0.1, 0.15) is 11.6 Å². The molecule has 1 aliphatic heterocycles. The summed E-state index contributed by atoms with van der Waals surface area (Å²) in [6.07, 6.45) is 0. The van der Waals surface area contributed by atoms with E-state index in [2.05, 4.69) is 20.9 Å². The predicted octanol–water partition coefficient (Wildman–Crippen LogP) is 3.49. The standard InChI is InChI=1S/C17H16BrN3O/c1-11-16(19)21-17(20-11,13-4-3-5-14(18)10-13)12-6-8-15(22-2)9-7-12/h3-10H,1-2H3,(H2,19,21)/t17-/m1/s1. The van der Waals surface area contributed by atoms with Crippen molar-refractivity contribution < 1.29 is 4.74 Å². The highest BCUT2D eigenvalue weighted by Gasteiger charge is 2.38. The SMILES string of the molecule is COc1ccc([C@@]2(c3cccc(Br)c3)N=C(C)C(N)=N2)cc1. The van der Waals surface area contributed by atoms with E-state index in [-0.39, 0.29) is 0 Å². The van der Waals surface area contributed by atoms with Crippen molar-refractivity contribution in [1.29, 1.82) is 0 Å². The van der Waals surface area contributed by atoms with E-state index in [4.69, 9.17) is 15.5 Å². The number of nitrogens with two attached hydrogens (primary N) is 1. The van der Waals surface area contributed by atoms with Gasteiger partial charge in [-0.3, -0.25) is 0 Å².